The van der Waals surface area contributed by atoms with E-state index < -0.39 is 24.0 Å². The van der Waals surface area contributed by atoms with E-state index in [0.717, 1.165) is 24.2 Å². The van der Waals surface area contributed by atoms with Gasteiger partial charge in [0.05, 0.1) is 6.10 Å². The summed E-state index contributed by atoms with van der Waals surface area (Å²) in [5, 5.41) is 23.9. The molecule has 0 aliphatic carbocycles. The average molecular weight is 388 g/mol. The van der Waals surface area contributed by atoms with Gasteiger partial charge in [-0.25, -0.2) is 5.48 Å². The van der Waals surface area contributed by atoms with Crippen LogP contribution < -0.4 is 16.1 Å². The van der Waals surface area contributed by atoms with Crippen molar-refractivity contribution in [2.45, 2.75) is 39.5 Å². The van der Waals surface area contributed by atoms with Gasteiger partial charge in [0.2, 0.25) is 0 Å². The molecule has 2 atom stereocenters. The van der Waals surface area contributed by atoms with E-state index in [9.17, 15) is 14.7 Å². The van der Waals surface area contributed by atoms with Crippen molar-refractivity contribution in [1.82, 2.24) is 21.1 Å². The zero-order valence-corrected chi connectivity index (χ0v) is 15.1. The van der Waals surface area contributed by atoms with E-state index in [-0.39, 0.29) is 7.43 Å². The molecule has 0 aliphatic heterocycles. The molecular weight excluding hydrogens is 360 g/mol. The van der Waals surface area contributed by atoms with Crippen molar-refractivity contribution < 1.29 is 19.9 Å². The van der Waals surface area contributed by atoms with Crippen LogP contribution in [0.4, 0.5) is 0 Å². The molecule has 2 rings (SSSR count). The SMILES string of the molecule is C.C[C@@H](O)[C@H](NC(=O)c1ccc(CNCCc2ccccn2)cc1)C(=O)NO. The van der Waals surface area contributed by atoms with Gasteiger partial charge in [-0.2, -0.15) is 0 Å². The van der Waals surface area contributed by atoms with Crippen LogP contribution in [0, 0.1) is 0 Å². The van der Waals surface area contributed by atoms with E-state index in [1.165, 1.54) is 12.4 Å². The Labute approximate surface area is 165 Å². The lowest BCUT2D eigenvalue weighted by atomic mass is 10.1. The second kappa shape index (κ2) is 11.8. The number of hydrogen-bond acceptors (Lipinski definition) is 6. The maximum Gasteiger partial charge on any atom is 0.268 e. The molecule has 0 saturated carbocycles. The van der Waals surface area contributed by atoms with Gasteiger partial charge in [-0.3, -0.25) is 19.8 Å². The quantitative estimate of drug-likeness (QED) is 0.248. The second-order valence-corrected chi connectivity index (χ2v) is 6.11. The van der Waals surface area contributed by atoms with Crippen molar-refractivity contribution >= 4 is 11.8 Å². The summed E-state index contributed by atoms with van der Waals surface area (Å²) >= 11 is 0. The van der Waals surface area contributed by atoms with Gasteiger partial charge < -0.3 is 15.7 Å². The zero-order valence-electron chi connectivity index (χ0n) is 15.1. The van der Waals surface area contributed by atoms with Crippen molar-refractivity contribution in [3.05, 3.63) is 65.5 Å². The Morgan fingerprint density at radius 3 is 2.43 bits per heavy atom. The van der Waals surface area contributed by atoms with Crippen LogP contribution in [0.15, 0.2) is 48.7 Å². The summed E-state index contributed by atoms with van der Waals surface area (Å²) in [5.74, 6) is -1.40. The largest absolute Gasteiger partial charge is 0.391 e. The predicted molar refractivity (Wildman–Crippen MR) is 106 cm³/mol. The fraction of sp³-hybridized carbons (Fsp3) is 0.350. The van der Waals surface area contributed by atoms with Gasteiger partial charge in [0.1, 0.15) is 6.04 Å². The van der Waals surface area contributed by atoms with Crippen molar-refractivity contribution in [2.24, 2.45) is 0 Å². The number of carbonyl (C=O) groups excluding carboxylic acids is 2. The summed E-state index contributed by atoms with van der Waals surface area (Å²) in [6, 6.07) is 11.5. The molecule has 0 saturated heterocycles. The molecule has 28 heavy (non-hydrogen) atoms. The van der Waals surface area contributed by atoms with Crippen LogP contribution in [0.2, 0.25) is 0 Å². The minimum atomic E-state index is -1.24. The third-order valence-electron chi connectivity index (χ3n) is 3.99. The van der Waals surface area contributed by atoms with Crippen LogP contribution >= 0.6 is 0 Å². The molecule has 1 aromatic heterocycles. The first-order valence-corrected chi connectivity index (χ1v) is 8.63. The molecule has 8 nitrogen and oxygen atoms in total. The van der Waals surface area contributed by atoms with Gasteiger partial charge >= 0.3 is 0 Å². The first-order valence-electron chi connectivity index (χ1n) is 8.63. The van der Waals surface area contributed by atoms with Gasteiger partial charge in [-0.15, -0.1) is 0 Å². The van der Waals surface area contributed by atoms with Crippen LogP contribution in [0.1, 0.15) is 36.0 Å². The maximum atomic E-state index is 12.2. The number of hydroxylamine groups is 1. The number of aliphatic hydroxyl groups excluding tert-OH is 1. The lowest BCUT2D eigenvalue weighted by Crippen LogP contribution is -2.51. The number of rotatable bonds is 9. The molecule has 5 N–H and O–H groups in total. The maximum absolute atomic E-state index is 12.2. The van der Waals surface area contributed by atoms with Crippen LogP contribution in [0.3, 0.4) is 0 Å². The lowest BCUT2D eigenvalue weighted by molar-refractivity contribution is -0.133. The van der Waals surface area contributed by atoms with Crippen LogP contribution in [-0.2, 0) is 17.8 Å². The number of pyridine rings is 1. The third kappa shape index (κ3) is 7.07. The summed E-state index contributed by atoms with van der Waals surface area (Å²) in [7, 11) is 0. The first kappa shape index (κ1) is 23.2. The Bertz CT molecular complexity index is 736. The molecule has 1 aromatic carbocycles. The molecule has 152 valence electrons. The summed E-state index contributed by atoms with van der Waals surface area (Å²) in [5.41, 5.74) is 3.81. The molecule has 2 amide bonds. The summed E-state index contributed by atoms with van der Waals surface area (Å²) in [6.45, 7) is 2.78. The Morgan fingerprint density at radius 2 is 1.86 bits per heavy atom. The zero-order chi connectivity index (χ0) is 19.6. The molecule has 0 fully saturated rings. The van der Waals surface area contributed by atoms with Crippen molar-refractivity contribution in [3.8, 4) is 0 Å². The minimum absolute atomic E-state index is 0. The number of aliphatic hydroxyl groups is 1. The number of nitrogens with one attached hydrogen (secondary N) is 3. The van der Waals surface area contributed by atoms with Crippen molar-refractivity contribution in [3.63, 3.8) is 0 Å². The Balaban J connectivity index is 0.00000392. The van der Waals surface area contributed by atoms with E-state index in [0.29, 0.717) is 12.1 Å². The topological polar surface area (TPSA) is 124 Å². The van der Waals surface area contributed by atoms with Gasteiger partial charge in [0.25, 0.3) is 11.8 Å². The normalized spacial score (nSPS) is 12.4. The third-order valence-corrected chi connectivity index (χ3v) is 3.99. The van der Waals surface area contributed by atoms with Crippen LogP contribution in [0.25, 0.3) is 0 Å². The molecule has 1 heterocycles. The average Bonchev–Trinajstić information content (AvgIpc) is 2.69. The molecule has 0 unspecified atom stereocenters. The van der Waals surface area contributed by atoms with Crippen LogP contribution in [0.5, 0.6) is 0 Å². The molecule has 8 heteroatoms. The molecule has 0 bridgehead atoms. The number of nitrogens with zero attached hydrogens (tertiary/aromatic N) is 1. The monoisotopic (exact) mass is 388 g/mol. The van der Waals surface area contributed by atoms with E-state index in [4.69, 9.17) is 5.21 Å². The standard InChI is InChI=1S/C19H24N4O4.CH4/c1-13(24)17(19(26)23-27)22-18(25)15-7-5-14(6-8-15)12-20-11-9-16-4-2-3-10-21-16;/h2-8,10,13,17,20,24,27H,9,11-12H2,1H3,(H,22,25)(H,23,26);1H4/t13-,17+;/m1./s1. The number of aromatic nitrogens is 1. The van der Waals surface area contributed by atoms with E-state index in [1.807, 2.05) is 30.3 Å². The number of hydrogen-bond donors (Lipinski definition) is 5. The highest BCUT2D eigenvalue weighted by atomic mass is 16.5. The summed E-state index contributed by atoms with van der Waals surface area (Å²) < 4.78 is 0. The van der Waals surface area contributed by atoms with Crippen molar-refractivity contribution in [1.29, 1.82) is 0 Å². The Hall–Kier alpha value is -2.81. The highest BCUT2D eigenvalue weighted by molar-refractivity contribution is 5.97. The van der Waals surface area contributed by atoms with Crippen molar-refractivity contribution in [2.75, 3.05) is 6.54 Å². The van der Waals surface area contributed by atoms with Gasteiger partial charge in [-0.1, -0.05) is 25.6 Å². The van der Waals surface area contributed by atoms with Gasteiger partial charge in [-0.05, 0) is 36.8 Å². The number of benzene rings is 1. The Kier molecular flexibility index (Phi) is 9.80. The van der Waals surface area contributed by atoms with Crippen LogP contribution in [-0.4, -0.2) is 45.8 Å². The highest BCUT2D eigenvalue weighted by Crippen LogP contribution is 2.06. The lowest BCUT2D eigenvalue weighted by Gasteiger charge is -2.19. The summed E-state index contributed by atoms with van der Waals surface area (Å²) in [4.78, 5) is 27.9. The van der Waals surface area contributed by atoms with E-state index >= 15 is 0 Å². The van der Waals surface area contributed by atoms with E-state index in [1.54, 1.807) is 18.3 Å². The smallest absolute Gasteiger partial charge is 0.268 e. The molecule has 0 radical (unpaired) electrons. The minimum Gasteiger partial charge on any atom is -0.391 e. The fourth-order valence-electron chi connectivity index (χ4n) is 2.47. The second-order valence-electron chi connectivity index (χ2n) is 6.11. The summed E-state index contributed by atoms with van der Waals surface area (Å²) in [6.07, 6.45) is 1.45. The van der Waals surface area contributed by atoms with Gasteiger partial charge in [0, 0.05) is 37.0 Å². The Morgan fingerprint density at radius 1 is 1.14 bits per heavy atom. The fourth-order valence-corrected chi connectivity index (χ4v) is 2.47. The molecular formula is C20H28N4O4. The first-order chi connectivity index (χ1) is 13.0. The number of carbonyl (C=O) groups is 2. The predicted octanol–water partition coefficient (Wildman–Crippen LogP) is 1.03. The molecule has 2 aromatic rings. The van der Waals surface area contributed by atoms with Gasteiger partial charge in [0.15, 0.2) is 0 Å². The molecule has 0 aliphatic rings. The highest BCUT2D eigenvalue weighted by Gasteiger charge is 2.25. The molecule has 0 spiro atoms. The van der Waals surface area contributed by atoms with E-state index in [2.05, 4.69) is 15.6 Å². The number of amides is 2.